The van der Waals surface area contributed by atoms with Crippen LogP contribution in [-0.4, -0.2) is 33.6 Å². The number of rotatable bonds is 9. The number of carbonyl (C=O) groups excluding carboxylic acids is 1. The Hall–Kier alpha value is -2.45. The molecule has 0 radical (unpaired) electrons. The zero-order valence-electron chi connectivity index (χ0n) is 16.2. The first kappa shape index (κ1) is 21.8. The minimum absolute atomic E-state index is 0.0307. The highest BCUT2D eigenvalue weighted by Gasteiger charge is 2.16. The summed E-state index contributed by atoms with van der Waals surface area (Å²) in [5.74, 6) is -0.710. The Labute approximate surface area is 165 Å². The monoisotopic (exact) mass is 408 g/mol. The molecule has 0 aliphatic heterocycles. The van der Waals surface area contributed by atoms with Crippen LogP contribution in [0.15, 0.2) is 47.4 Å². The summed E-state index contributed by atoms with van der Waals surface area (Å²) in [7, 11) is -3.84. The topological polar surface area (TPSA) is 84.5 Å². The van der Waals surface area contributed by atoms with Crippen LogP contribution in [0.1, 0.15) is 36.2 Å². The fourth-order valence-corrected chi connectivity index (χ4v) is 3.53. The Morgan fingerprint density at radius 3 is 2.43 bits per heavy atom. The minimum Gasteiger partial charge on any atom is -0.379 e. The smallest absolute Gasteiger partial charge is 0.261 e. The molecule has 2 N–H and O–H groups in total. The third kappa shape index (κ3) is 6.31. The van der Waals surface area contributed by atoms with Gasteiger partial charge < -0.3 is 10.1 Å². The molecule has 0 aliphatic rings. The van der Waals surface area contributed by atoms with Gasteiger partial charge in [-0.05, 0) is 75.2 Å². The van der Waals surface area contributed by atoms with Crippen LogP contribution >= 0.6 is 0 Å². The summed E-state index contributed by atoms with van der Waals surface area (Å²) in [6.45, 7) is 6.46. The Bertz CT molecular complexity index is 912. The molecule has 0 saturated heterocycles. The van der Waals surface area contributed by atoms with Crippen molar-refractivity contribution >= 4 is 21.6 Å². The van der Waals surface area contributed by atoms with Crippen molar-refractivity contribution in [3.63, 3.8) is 0 Å². The molecule has 0 heterocycles. The van der Waals surface area contributed by atoms with E-state index in [-0.39, 0.29) is 22.5 Å². The van der Waals surface area contributed by atoms with Gasteiger partial charge in [0, 0.05) is 24.4 Å². The second-order valence-electron chi connectivity index (χ2n) is 6.62. The van der Waals surface area contributed by atoms with E-state index in [2.05, 4.69) is 10.0 Å². The molecule has 0 aromatic heterocycles. The van der Waals surface area contributed by atoms with Gasteiger partial charge in [-0.15, -0.1) is 0 Å². The Balaban J connectivity index is 1.94. The summed E-state index contributed by atoms with van der Waals surface area (Å²) in [4.78, 5) is 12.1. The van der Waals surface area contributed by atoms with E-state index in [1.165, 1.54) is 43.3 Å². The maximum atomic E-state index is 13.3. The second-order valence-corrected chi connectivity index (χ2v) is 8.31. The van der Waals surface area contributed by atoms with Crippen LogP contribution in [0.5, 0.6) is 0 Å². The molecule has 28 heavy (non-hydrogen) atoms. The Morgan fingerprint density at radius 2 is 1.82 bits per heavy atom. The molecular formula is C20H25FN2O4S. The normalized spacial score (nSPS) is 11.5. The highest BCUT2D eigenvalue weighted by molar-refractivity contribution is 7.92. The number of nitrogens with one attached hydrogen (secondary N) is 2. The summed E-state index contributed by atoms with van der Waals surface area (Å²) >= 11 is 0. The molecule has 8 heteroatoms. The van der Waals surface area contributed by atoms with Gasteiger partial charge >= 0.3 is 0 Å². The van der Waals surface area contributed by atoms with E-state index in [1.54, 1.807) is 0 Å². The van der Waals surface area contributed by atoms with Crippen molar-refractivity contribution in [3.05, 3.63) is 59.4 Å². The number of benzene rings is 2. The van der Waals surface area contributed by atoms with E-state index in [4.69, 9.17) is 4.74 Å². The maximum Gasteiger partial charge on any atom is 0.261 e. The van der Waals surface area contributed by atoms with Crippen LogP contribution in [-0.2, 0) is 14.8 Å². The molecule has 152 valence electrons. The minimum atomic E-state index is -3.84. The Morgan fingerprint density at radius 1 is 1.14 bits per heavy atom. The summed E-state index contributed by atoms with van der Waals surface area (Å²) in [6, 6.07) is 9.67. The second kappa shape index (κ2) is 9.66. The van der Waals surface area contributed by atoms with E-state index < -0.39 is 15.8 Å². The Kier molecular flexibility index (Phi) is 7.53. The van der Waals surface area contributed by atoms with E-state index in [9.17, 15) is 17.6 Å². The lowest BCUT2D eigenvalue weighted by atomic mass is 10.2. The van der Waals surface area contributed by atoms with Gasteiger partial charge in [0.2, 0.25) is 0 Å². The number of ether oxygens (including phenoxy) is 1. The lowest BCUT2D eigenvalue weighted by Gasteiger charge is -2.10. The number of hydrogen-bond donors (Lipinski definition) is 2. The zero-order chi connectivity index (χ0) is 20.7. The summed E-state index contributed by atoms with van der Waals surface area (Å²) < 4.78 is 46.0. The summed E-state index contributed by atoms with van der Waals surface area (Å²) in [6.07, 6.45) is 0.865. The van der Waals surface area contributed by atoms with Crippen LogP contribution in [0.25, 0.3) is 0 Å². The lowest BCUT2D eigenvalue weighted by Crippen LogP contribution is -2.25. The van der Waals surface area contributed by atoms with Gasteiger partial charge in [-0.2, -0.15) is 0 Å². The van der Waals surface area contributed by atoms with Crippen LogP contribution < -0.4 is 10.0 Å². The number of carbonyl (C=O) groups is 1. The zero-order valence-corrected chi connectivity index (χ0v) is 17.0. The first-order valence-corrected chi connectivity index (χ1v) is 10.5. The molecule has 2 aromatic rings. The van der Waals surface area contributed by atoms with E-state index in [0.29, 0.717) is 30.8 Å². The summed E-state index contributed by atoms with van der Waals surface area (Å²) in [5.41, 5.74) is 0.975. The van der Waals surface area contributed by atoms with Gasteiger partial charge in [0.1, 0.15) is 5.82 Å². The standard InChI is InChI=1S/C20H25FN2O4S/c1-14(2)27-12-4-11-22-20(24)16-5-7-17(8-6-16)23-28(25,26)18-9-10-19(21)15(3)13-18/h5-10,13-14,23H,4,11-12H2,1-3H3,(H,22,24). The molecule has 0 bridgehead atoms. The van der Waals surface area contributed by atoms with Gasteiger partial charge in [0.25, 0.3) is 15.9 Å². The van der Waals surface area contributed by atoms with Crippen molar-refractivity contribution in [1.29, 1.82) is 0 Å². The molecule has 0 atom stereocenters. The van der Waals surface area contributed by atoms with Gasteiger partial charge in [-0.1, -0.05) is 0 Å². The molecule has 0 aliphatic carbocycles. The lowest BCUT2D eigenvalue weighted by molar-refractivity contribution is 0.0757. The third-order valence-corrected chi connectivity index (χ3v) is 5.28. The van der Waals surface area contributed by atoms with Crippen molar-refractivity contribution in [3.8, 4) is 0 Å². The van der Waals surface area contributed by atoms with Gasteiger partial charge in [0.15, 0.2) is 0 Å². The number of sulfonamides is 1. The summed E-state index contributed by atoms with van der Waals surface area (Å²) in [5, 5.41) is 2.78. The highest BCUT2D eigenvalue weighted by Crippen LogP contribution is 2.19. The number of halogens is 1. The van der Waals surface area contributed by atoms with Gasteiger partial charge in [-0.3, -0.25) is 9.52 Å². The quantitative estimate of drug-likeness (QED) is 0.622. The van der Waals surface area contributed by atoms with E-state index >= 15 is 0 Å². The van der Waals surface area contributed by atoms with Crippen molar-refractivity contribution in [2.75, 3.05) is 17.9 Å². The van der Waals surface area contributed by atoms with Crippen molar-refractivity contribution in [2.45, 2.75) is 38.2 Å². The van der Waals surface area contributed by atoms with E-state index in [1.807, 2.05) is 13.8 Å². The maximum absolute atomic E-state index is 13.3. The largest absolute Gasteiger partial charge is 0.379 e. The fourth-order valence-electron chi connectivity index (χ4n) is 2.38. The van der Waals surface area contributed by atoms with E-state index in [0.717, 1.165) is 6.07 Å². The van der Waals surface area contributed by atoms with Crippen LogP contribution in [0.3, 0.4) is 0 Å². The van der Waals surface area contributed by atoms with Crippen molar-refractivity contribution < 1.29 is 22.3 Å². The predicted molar refractivity (Wildman–Crippen MR) is 106 cm³/mol. The molecule has 6 nitrogen and oxygen atoms in total. The third-order valence-electron chi connectivity index (χ3n) is 3.90. The first-order valence-electron chi connectivity index (χ1n) is 8.98. The average molecular weight is 408 g/mol. The number of aryl methyl sites for hydroxylation is 1. The molecule has 0 fully saturated rings. The van der Waals surface area contributed by atoms with Gasteiger partial charge in [-0.25, -0.2) is 12.8 Å². The van der Waals surface area contributed by atoms with Crippen molar-refractivity contribution in [2.24, 2.45) is 0 Å². The van der Waals surface area contributed by atoms with Crippen LogP contribution in [0, 0.1) is 12.7 Å². The van der Waals surface area contributed by atoms with Crippen molar-refractivity contribution in [1.82, 2.24) is 5.32 Å². The molecule has 0 spiro atoms. The number of hydrogen-bond acceptors (Lipinski definition) is 4. The number of amides is 1. The molecular weight excluding hydrogens is 383 g/mol. The van der Waals surface area contributed by atoms with Gasteiger partial charge in [0.05, 0.1) is 11.0 Å². The molecule has 0 unspecified atom stereocenters. The van der Waals surface area contributed by atoms with Crippen LogP contribution in [0.2, 0.25) is 0 Å². The number of anilines is 1. The van der Waals surface area contributed by atoms with Crippen LogP contribution in [0.4, 0.5) is 10.1 Å². The molecule has 2 rings (SSSR count). The predicted octanol–water partition coefficient (Wildman–Crippen LogP) is 3.48. The SMILES string of the molecule is Cc1cc(S(=O)(=O)Nc2ccc(C(=O)NCCCOC(C)C)cc2)ccc1F. The highest BCUT2D eigenvalue weighted by atomic mass is 32.2. The first-order chi connectivity index (χ1) is 13.2. The molecule has 1 amide bonds. The fraction of sp³-hybridized carbons (Fsp3) is 0.350. The molecule has 2 aromatic carbocycles. The molecule has 0 saturated carbocycles. The average Bonchev–Trinajstić information content (AvgIpc) is 2.63.